The van der Waals surface area contributed by atoms with E-state index < -0.39 is 10.0 Å². The van der Waals surface area contributed by atoms with Gasteiger partial charge in [-0.15, -0.1) is 0 Å². The Balaban J connectivity index is 2.14. The molecule has 0 amide bonds. The third-order valence-electron chi connectivity index (χ3n) is 3.18. The Morgan fingerprint density at radius 2 is 1.77 bits per heavy atom. The topological polar surface area (TPSA) is 72.0 Å². The lowest BCUT2D eigenvalue weighted by Gasteiger charge is -2.12. The first-order valence-electron chi connectivity index (χ1n) is 6.47. The van der Waals surface area contributed by atoms with Gasteiger partial charge in [0.25, 0.3) is 10.0 Å². The van der Waals surface area contributed by atoms with E-state index in [0.717, 1.165) is 5.39 Å². The van der Waals surface area contributed by atoms with Crippen LogP contribution in [0.5, 0.6) is 0 Å². The predicted molar refractivity (Wildman–Crippen MR) is 86.5 cm³/mol. The van der Waals surface area contributed by atoms with Crippen LogP contribution in [0.3, 0.4) is 0 Å². The van der Waals surface area contributed by atoms with Crippen molar-refractivity contribution in [1.29, 1.82) is 0 Å². The van der Waals surface area contributed by atoms with E-state index >= 15 is 0 Å². The second-order valence-electron chi connectivity index (χ2n) is 4.73. The number of nitrogens with one attached hydrogen (secondary N) is 1. The summed E-state index contributed by atoms with van der Waals surface area (Å²) in [4.78, 5) is 8.15. The quantitative estimate of drug-likeness (QED) is 0.797. The SMILES string of the molecule is Cc1cccnc1S(=O)(=O)Nc1c(Cl)ccc2cccnc12. The van der Waals surface area contributed by atoms with Crippen LogP contribution in [-0.4, -0.2) is 18.4 Å². The number of fused-ring (bicyclic) bond motifs is 1. The smallest absolute Gasteiger partial charge is 0.275 e. The molecule has 3 aromatic rings. The van der Waals surface area contributed by atoms with Crippen molar-refractivity contribution in [1.82, 2.24) is 9.97 Å². The van der Waals surface area contributed by atoms with E-state index in [1.807, 2.05) is 6.07 Å². The normalized spacial score (nSPS) is 11.5. The van der Waals surface area contributed by atoms with Crippen LogP contribution in [0, 0.1) is 6.92 Å². The van der Waals surface area contributed by atoms with Gasteiger partial charge >= 0.3 is 0 Å². The van der Waals surface area contributed by atoms with Gasteiger partial charge in [-0.05, 0) is 30.7 Å². The second-order valence-corrected chi connectivity index (χ2v) is 6.73. The van der Waals surface area contributed by atoms with E-state index in [0.29, 0.717) is 11.1 Å². The van der Waals surface area contributed by atoms with Crippen LogP contribution in [0.4, 0.5) is 5.69 Å². The van der Waals surface area contributed by atoms with Crippen molar-refractivity contribution in [3.8, 4) is 0 Å². The molecule has 5 nitrogen and oxygen atoms in total. The van der Waals surface area contributed by atoms with Gasteiger partial charge in [0.2, 0.25) is 0 Å². The van der Waals surface area contributed by atoms with E-state index in [-0.39, 0.29) is 15.7 Å². The van der Waals surface area contributed by atoms with Crippen molar-refractivity contribution >= 4 is 38.2 Å². The molecule has 0 bridgehead atoms. The van der Waals surface area contributed by atoms with Crippen LogP contribution in [-0.2, 0) is 10.0 Å². The van der Waals surface area contributed by atoms with Crippen LogP contribution < -0.4 is 4.72 Å². The summed E-state index contributed by atoms with van der Waals surface area (Å²) in [6.45, 7) is 1.69. The van der Waals surface area contributed by atoms with Crippen molar-refractivity contribution < 1.29 is 8.42 Å². The first kappa shape index (κ1) is 14.7. The van der Waals surface area contributed by atoms with Crippen LogP contribution in [0.1, 0.15) is 5.56 Å². The minimum absolute atomic E-state index is 0.0287. The van der Waals surface area contributed by atoms with Gasteiger partial charge in [0.1, 0.15) is 0 Å². The van der Waals surface area contributed by atoms with E-state index in [2.05, 4.69) is 14.7 Å². The van der Waals surface area contributed by atoms with E-state index in [9.17, 15) is 8.42 Å². The summed E-state index contributed by atoms with van der Waals surface area (Å²) in [6.07, 6.45) is 3.02. The summed E-state index contributed by atoms with van der Waals surface area (Å²) in [5.41, 5.74) is 1.30. The molecule has 0 atom stereocenters. The highest BCUT2D eigenvalue weighted by atomic mass is 35.5. The fourth-order valence-electron chi connectivity index (χ4n) is 2.15. The molecule has 0 aliphatic heterocycles. The number of hydrogen-bond acceptors (Lipinski definition) is 4. The van der Waals surface area contributed by atoms with Gasteiger partial charge in [-0.1, -0.05) is 29.8 Å². The molecule has 0 unspecified atom stereocenters. The van der Waals surface area contributed by atoms with Crippen LogP contribution in [0.2, 0.25) is 5.02 Å². The number of pyridine rings is 2. The maximum absolute atomic E-state index is 12.6. The minimum Gasteiger partial charge on any atom is -0.275 e. The number of rotatable bonds is 3. The van der Waals surface area contributed by atoms with Gasteiger partial charge in [0, 0.05) is 17.8 Å². The number of anilines is 1. The molecule has 0 aliphatic carbocycles. The highest BCUT2D eigenvalue weighted by molar-refractivity contribution is 7.92. The molecule has 0 spiro atoms. The number of benzene rings is 1. The molecule has 7 heteroatoms. The maximum atomic E-state index is 12.6. The highest BCUT2D eigenvalue weighted by Gasteiger charge is 2.21. The largest absolute Gasteiger partial charge is 0.279 e. The predicted octanol–water partition coefficient (Wildman–Crippen LogP) is 3.39. The molecule has 0 saturated carbocycles. The summed E-state index contributed by atoms with van der Waals surface area (Å²) in [7, 11) is -3.84. The number of sulfonamides is 1. The molecule has 112 valence electrons. The zero-order valence-corrected chi connectivity index (χ0v) is 13.2. The Kier molecular flexibility index (Phi) is 3.72. The van der Waals surface area contributed by atoms with E-state index in [1.165, 1.54) is 6.20 Å². The molecular formula is C15H12ClN3O2S. The first-order valence-corrected chi connectivity index (χ1v) is 8.33. The molecular weight excluding hydrogens is 322 g/mol. The molecule has 0 aliphatic rings. The van der Waals surface area contributed by atoms with Crippen molar-refractivity contribution in [2.75, 3.05) is 4.72 Å². The molecule has 2 heterocycles. The van der Waals surface area contributed by atoms with Crippen LogP contribution >= 0.6 is 11.6 Å². The maximum Gasteiger partial charge on any atom is 0.279 e. The van der Waals surface area contributed by atoms with Crippen LogP contribution in [0.15, 0.2) is 53.8 Å². The van der Waals surface area contributed by atoms with Crippen molar-refractivity contribution in [3.05, 3.63) is 59.4 Å². The summed E-state index contributed by atoms with van der Waals surface area (Å²) in [5, 5.41) is 1.05. The van der Waals surface area contributed by atoms with Gasteiger partial charge in [-0.25, -0.2) is 4.98 Å². The van der Waals surface area contributed by atoms with Crippen LogP contribution in [0.25, 0.3) is 10.9 Å². The third-order valence-corrected chi connectivity index (χ3v) is 4.90. The number of halogens is 1. The molecule has 22 heavy (non-hydrogen) atoms. The number of aryl methyl sites for hydroxylation is 1. The molecule has 1 N–H and O–H groups in total. The zero-order valence-electron chi connectivity index (χ0n) is 11.6. The standard InChI is InChI=1S/C15H12ClN3O2S/c1-10-4-2-9-18-15(10)22(20,21)19-14-12(16)7-6-11-5-3-8-17-13(11)14/h2-9,19H,1H3. The number of hydrogen-bond donors (Lipinski definition) is 1. The Labute approximate surface area is 133 Å². The van der Waals surface area contributed by atoms with Gasteiger partial charge in [-0.3, -0.25) is 9.71 Å². The summed E-state index contributed by atoms with van der Waals surface area (Å²) in [5.74, 6) is 0. The fraction of sp³-hybridized carbons (Fsp3) is 0.0667. The van der Waals surface area contributed by atoms with E-state index in [1.54, 1.807) is 43.5 Å². The summed E-state index contributed by atoms with van der Waals surface area (Å²) < 4.78 is 27.6. The van der Waals surface area contributed by atoms with Gasteiger partial charge in [0.15, 0.2) is 5.03 Å². The third kappa shape index (κ3) is 2.63. The van der Waals surface area contributed by atoms with Crippen molar-refractivity contribution in [3.63, 3.8) is 0 Å². The van der Waals surface area contributed by atoms with Crippen molar-refractivity contribution in [2.45, 2.75) is 11.9 Å². The van der Waals surface area contributed by atoms with Gasteiger partial charge in [0.05, 0.1) is 16.2 Å². The Hall–Kier alpha value is -2.18. The lowest BCUT2D eigenvalue weighted by atomic mass is 10.2. The van der Waals surface area contributed by atoms with Gasteiger partial charge < -0.3 is 0 Å². The summed E-state index contributed by atoms with van der Waals surface area (Å²) >= 11 is 6.15. The molecule has 2 aromatic heterocycles. The Morgan fingerprint density at radius 3 is 2.55 bits per heavy atom. The minimum atomic E-state index is -3.84. The molecule has 0 saturated heterocycles. The summed E-state index contributed by atoms with van der Waals surface area (Å²) in [6, 6.07) is 10.4. The second kappa shape index (κ2) is 5.55. The molecule has 0 radical (unpaired) electrons. The molecule has 0 fully saturated rings. The molecule has 3 rings (SSSR count). The first-order chi connectivity index (χ1) is 10.5. The highest BCUT2D eigenvalue weighted by Crippen LogP contribution is 2.31. The Bertz CT molecular complexity index is 958. The number of aromatic nitrogens is 2. The number of nitrogens with zero attached hydrogens (tertiary/aromatic N) is 2. The lowest BCUT2D eigenvalue weighted by Crippen LogP contribution is -2.16. The average Bonchev–Trinajstić information content (AvgIpc) is 2.50. The van der Waals surface area contributed by atoms with Crippen molar-refractivity contribution in [2.24, 2.45) is 0 Å². The van der Waals surface area contributed by atoms with Gasteiger partial charge in [-0.2, -0.15) is 8.42 Å². The Morgan fingerprint density at radius 1 is 1.05 bits per heavy atom. The fourth-order valence-corrected chi connectivity index (χ4v) is 3.67. The lowest BCUT2D eigenvalue weighted by molar-refractivity contribution is 0.597. The average molecular weight is 334 g/mol. The zero-order chi connectivity index (χ0) is 15.7. The van der Waals surface area contributed by atoms with E-state index in [4.69, 9.17) is 11.6 Å². The molecule has 1 aromatic carbocycles. The monoisotopic (exact) mass is 333 g/mol.